The van der Waals surface area contributed by atoms with Crippen LogP contribution in [0.1, 0.15) is 17.2 Å². The lowest BCUT2D eigenvalue weighted by molar-refractivity contribution is -0.115. The molecule has 3 aromatic rings. The molecule has 26 heavy (non-hydrogen) atoms. The zero-order valence-electron chi connectivity index (χ0n) is 14.0. The predicted octanol–water partition coefficient (Wildman–Crippen LogP) is 4.28. The summed E-state index contributed by atoms with van der Waals surface area (Å²) in [5, 5.41) is 5.57. The van der Waals surface area contributed by atoms with Gasteiger partial charge in [0.05, 0.1) is 18.3 Å². The highest BCUT2D eigenvalue weighted by Crippen LogP contribution is 2.21. The van der Waals surface area contributed by atoms with Crippen LogP contribution in [-0.2, 0) is 4.79 Å². The molecule has 5 heteroatoms. The summed E-state index contributed by atoms with van der Waals surface area (Å²) in [5.74, 6) is -1.74. The molecule has 132 valence electrons. The van der Waals surface area contributed by atoms with E-state index in [2.05, 4.69) is 10.6 Å². The fourth-order valence-electron chi connectivity index (χ4n) is 2.70. The first-order chi connectivity index (χ1) is 12.6. The van der Waals surface area contributed by atoms with E-state index in [1.807, 2.05) is 60.7 Å². The number of carbonyl (C=O) groups is 1. The Balaban J connectivity index is 1.72. The number of hydrogen-bond donors (Lipinski definition) is 2. The molecule has 0 saturated carbocycles. The normalized spacial score (nSPS) is 10.7. The molecule has 0 bridgehead atoms. The Labute approximate surface area is 150 Å². The van der Waals surface area contributed by atoms with Gasteiger partial charge in [-0.15, -0.1) is 0 Å². The van der Waals surface area contributed by atoms with E-state index in [1.165, 1.54) is 0 Å². The summed E-state index contributed by atoms with van der Waals surface area (Å²) in [7, 11) is 0. The minimum absolute atomic E-state index is 0.0512. The minimum Gasteiger partial charge on any atom is -0.322 e. The zero-order valence-corrected chi connectivity index (χ0v) is 14.0. The largest absolute Gasteiger partial charge is 0.322 e. The number of anilines is 1. The third kappa shape index (κ3) is 4.52. The molecule has 0 fully saturated rings. The number of benzene rings is 3. The molecule has 2 N–H and O–H groups in total. The van der Waals surface area contributed by atoms with E-state index in [0.717, 1.165) is 29.3 Å². The Morgan fingerprint density at radius 2 is 1.42 bits per heavy atom. The fraction of sp³-hybridized carbons (Fsp3) is 0.0952. The summed E-state index contributed by atoms with van der Waals surface area (Å²) in [6, 6.07) is 22.2. The van der Waals surface area contributed by atoms with Crippen LogP contribution in [0, 0.1) is 11.6 Å². The van der Waals surface area contributed by atoms with Crippen LogP contribution in [0.2, 0.25) is 0 Å². The highest BCUT2D eigenvalue weighted by Gasteiger charge is 2.15. The topological polar surface area (TPSA) is 41.1 Å². The Bertz CT molecular complexity index is 830. The number of hydrogen-bond acceptors (Lipinski definition) is 2. The smallest absolute Gasteiger partial charge is 0.238 e. The third-order valence-electron chi connectivity index (χ3n) is 3.94. The Morgan fingerprint density at radius 3 is 2.00 bits per heavy atom. The number of carbonyl (C=O) groups excluding carboxylic acids is 1. The Morgan fingerprint density at radius 1 is 0.846 bits per heavy atom. The Hall–Kier alpha value is -3.05. The molecule has 0 heterocycles. The van der Waals surface area contributed by atoms with Crippen LogP contribution in [0.5, 0.6) is 0 Å². The van der Waals surface area contributed by atoms with Gasteiger partial charge in [0.15, 0.2) is 0 Å². The summed E-state index contributed by atoms with van der Waals surface area (Å²) in [5.41, 5.74) is 1.83. The highest BCUT2D eigenvalue weighted by atomic mass is 19.1. The number of rotatable bonds is 6. The predicted molar refractivity (Wildman–Crippen MR) is 97.7 cm³/mol. The van der Waals surface area contributed by atoms with E-state index < -0.39 is 17.5 Å². The van der Waals surface area contributed by atoms with Crippen LogP contribution in [0.15, 0.2) is 78.9 Å². The van der Waals surface area contributed by atoms with Crippen LogP contribution < -0.4 is 10.6 Å². The summed E-state index contributed by atoms with van der Waals surface area (Å²) >= 11 is 0. The number of halogens is 2. The molecule has 3 rings (SSSR count). The van der Waals surface area contributed by atoms with Crippen molar-refractivity contribution in [1.82, 2.24) is 5.32 Å². The van der Waals surface area contributed by atoms with Crippen molar-refractivity contribution in [2.45, 2.75) is 6.04 Å². The SMILES string of the molecule is O=C(CNC(c1ccccc1)c1ccccc1)Nc1cc(F)ccc1F. The van der Waals surface area contributed by atoms with Crippen molar-refractivity contribution in [1.29, 1.82) is 0 Å². The van der Waals surface area contributed by atoms with Gasteiger partial charge in [-0.1, -0.05) is 60.7 Å². The van der Waals surface area contributed by atoms with E-state index >= 15 is 0 Å². The molecule has 0 aromatic heterocycles. The second-order valence-electron chi connectivity index (χ2n) is 5.81. The number of nitrogens with one attached hydrogen (secondary N) is 2. The molecular weight excluding hydrogens is 334 g/mol. The highest BCUT2D eigenvalue weighted by molar-refractivity contribution is 5.92. The molecule has 3 aromatic carbocycles. The quantitative estimate of drug-likeness (QED) is 0.695. The molecular formula is C21H18F2N2O. The summed E-state index contributed by atoms with van der Waals surface area (Å²) < 4.78 is 26.9. The van der Waals surface area contributed by atoms with Gasteiger partial charge in [0, 0.05) is 6.07 Å². The first kappa shape index (κ1) is 17.8. The van der Waals surface area contributed by atoms with E-state index in [9.17, 15) is 13.6 Å². The van der Waals surface area contributed by atoms with Crippen molar-refractivity contribution in [3.8, 4) is 0 Å². The van der Waals surface area contributed by atoms with Gasteiger partial charge in [-0.3, -0.25) is 10.1 Å². The summed E-state index contributed by atoms with van der Waals surface area (Å²) in [6.45, 7) is -0.0512. The lowest BCUT2D eigenvalue weighted by Crippen LogP contribution is -2.32. The average Bonchev–Trinajstić information content (AvgIpc) is 2.67. The van der Waals surface area contributed by atoms with E-state index in [1.54, 1.807) is 0 Å². The van der Waals surface area contributed by atoms with Crippen LogP contribution in [-0.4, -0.2) is 12.5 Å². The monoisotopic (exact) mass is 352 g/mol. The van der Waals surface area contributed by atoms with E-state index in [4.69, 9.17) is 0 Å². The maximum atomic E-state index is 13.7. The fourth-order valence-corrected chi connectivity index (χ4v) is 2.70. The lowest BCUT2D eigenvalue weighted by Gasteiger charge is -2.19. The van der Waals surface area contributed by atoms with Crippen LogP contribution in [0.4, 0.5) is 14.5 Å². The first-order valence-electron chi connectivity index (χ1n) is 8.21. The van der Waals surface area contributed by atoms with Crippen molar-refractivity contribution in [3.05, 3.63) is 102 Å². The van der Waals surface area contributed by atoms with Gasteiger partial charge in [0.1, 0.15) is 11.6 Å². The second-order valence-corrected chi connectivity index (χ2v) is 5.81. The second kappa shape index (κ2) is 8.36. The molecule has 0 unspecified atom stereocenters. The molecule has 0 aliphatic heterocycles. The molecule has 0 atom stereocenters. The average molecular weight is 352 g/mol. The molecule has 0 spiro atoms. The molecule has 0 aliphatic carbocycles. The molecule has 1 amide bonds. The van der Waals surface area contributed by atoms with Gasteiger partial charge in [0.25, 0.3) is 0 Å². The van der Waals surface area contributed by atoms with Crippen molar-refractivity contribution < 1.29 is 13.6 Å². The minimum atomic E-state index is -0.678. The van der Waals surface area contributed by atoms with Crippen molar-refractivity contribution in [2.75, 3.05) is 11.9 Å². The lowest BCUT2D eigenvalue weighted by atomic mass is 9.99. The van der Waals surface area contributed by atoms with Gasteiger partial charge in [-0.05, 0) is 23.3 Å². The van der Waals surface area contributed by atoms with Crippen molar-refractivity contribution in [2.24, 2.45) is 0 Å². The van der Waals surface area contributed by atoms with Crippen LogP contribution >= 0.6 is 0 Å². The molecule has 0 radical (unpaired) electrons. The molecule has 0 saturated heterocycles. The van der Waals surface area contributed by atoms with Gasteiger partial charge in [0.2, 0.25) is 5.91 Å². The Kier molecular flexibility index (Phi) is 5.71. The summed E-state index contributed by atoms with van der Waals surface area (Å²) in [4.78, 5) is 12.2. The van der Waals surface area contributed by atoms with Gasteiger partial charge in [-0.25, -0.2) is 8.78 Å². The maximum Gasteiger partial charge on any atom is 0.238 e. The standard InChI is InChI=1S/C21H18F2N2O/c22-17-11-12-18(23)19(13-17)25-20(26)14-24-21(15-7-3-1-4-8-15)16-9-5-2-6-10-16/h1-13,21,24H,14H2,(H,25,26). The van der Waals surface area contributed by atoms with Gasteiger partial charge >= 0.3 is 0 Å². The molecule has 0 aliphatic rings. The van der Waals surface area contributed by atoms with Crippen LogP contribution in [0.25, 0.3) is 0 Å². The maximum absolute atomic E-state index is 13.7. The first-order valence-corrected chi connectivity index (χ1v) is 8.21. The molecule has 3 nitrogen and oxygen atoms in total. The third-order valence-corrected chi connectivity index (χ3v) is 3.94. The number of amides is 1. The van der Waals surface area contributed by atoms with Crippen molar-refractivity contribution >= 4 is 11.6 Å². The zero-order chi connectivity index (χ0) is 18.4. The van der Waals surface area contributed by atoms with Crippen molar-refractivity contribution in [3.63, 3.8) is 0 Å². The van der Waals surface area contributed by atoms with E-state index in [-0.39, 0.29) is 18.3 Å². The van der Waals surface area contributed by atoms with Crippen LogP contribution in [0.3, 0.4) is 0 Å². The van der Waals surface area contributed by atoms with Gasteiger partial charge in [-0.2, -0.15) is 0 Å². The van der Waals surface area contributed by atoms with Gasteiger partial charge < -0.3 is 5.32 Å². The van der Waals surface area contributed by atoms with E-state index in [0.29, 0.717) is 0 Å². The summed E-state index contributed by atoms with van der Waals surface area (Å²) in [6.07, 6.45) is 0.